The highest BCUT2D eigenvalue weighted by molar-refractivity contribution is 6.02. The van der Waals surface area contributed by atoms with Gasteiger partial charge >= 0.3 is 5.97 Å². The first kappa shape index (κ1) is 28.5. The highest BCUT2D eigenvalue weighted by Gasteiger charge is 2.07. The molecule has 6 heteroatoms. The van der Waals surface area contributed by atoms with Gasteiger partial charge in [-0.2, -0.15) is 0 Å². The van der Waals surface area contributed by atoms with E-state index in [2.05, 4.69) is 36.5 Å². The van der Waals surface area contributed by atoms with Gasteiger partial charge in [0.15, 0.2) is 0 Å². The van der Waals surface area contributed by atoms with Crippen molar-refractivity contribution in [3.63, 3.8) is 0 Å². The van der Waals surface area contributed by atoms with E-state index in [1.807, 2.05) is 25.1 Å². The number of carboxylic acid groups (broad SMARTS) is 1. The van der Waals surface area contributed by atoms with Crippen molar-refractivity contribution in [1.82, 2.24) is 0 Å². The molecule has 0 fully saturated rings. The van der Waals surface area contributed by atoms with Gasteiger partial charge in [-0.3, -0.25) is 9.59 Å². The summed E-state index contributed by atoms with van der Waals surface area (Å²) in [5.41, 5.74) is 4.95. The summed E-state index contributed by atoms with van der Waals surface area (Å²) >= 11 is 0. The van der Waals surface area contributed by atoms with Gasteiger partial charge in [0, 0.05) is 12.5 Å². The van der Waals surface area contributed by atoms with Gasteiger partial charge in [0.05, 0.1) is 12.3 Å². The summed E-state index contributed by atoms with van der Waals surface area (Å²) in [6.07, 6.45) is 8.52. The van der Waals surface area contributed by atoms with Gasteiger partial charge in [-0.05, 0) is 78.8 Å². The van der Waals surface area contributed by atoms with Crippen molar-refractivity contribution in [3.05, 3.63) is 95.1 Å². The molecule has 0 atom stereocenters. The number of amides is 1. The first-order chi connectivity index (χ1) is 18.4. The van der Waals surface area contributed by atoms with Crippen LogP contribution in [0.4, 0.5) is 5.69 Å². The van der Waals surface area contributed by atoms with Crippen LogP contribution in [0.15, 0.2) is 72.8 Å². The van der Waals surface area contributed by atoms with Crippen LogP contribution >= 0.6 is 0 Å². The number of ether oxygens (including phenoxy) is 2. The molecular formula is C32H37NO5. The standard InChI is InChI=1S/C32H37NO5/c1-3-4-5-9-25-13-15-26(16-14-25)23-38-28-19-17-27(24(2)22-28)18-20-31(34)33-29-10-6-7-11-30(29)37-21-8-12-32(35)36/h6-7,10-11,13-20,22H,3-5,8-9,12,21,23H2,1-2H3,(H,33,34)(H,35,36). The van der Waals surface area contributed by atoms with Crippen molar-refractivity contribution in [2.75, 3.05) is 11.9 Å². The van der Waals surface area contributed by atoms with Gasteiger partial charge in [-0.1, -0.05) is 62.2 Å². The molecule has 3 rings (SSSR count). The molecule has 0 bridgehead atoms. The number of hydrogen-bond acceptors (Lipinski definition) is 4. The smallest absolute Gasteiger partial charge is 0.303 e. The molecule has 2 N–H and O–H groups in total. The minimum absolute atomic E-state index is 0.0345. The van der Waals surface area contributed by atoms with Crippen LogP contribution in [-0.2, 0) is 22.6 Å². The number of para-hydroxylation sites is 2. The van der Waals surface area contributed by atoms with Crippen molar-refractivity contribution in [2.24, 2.45) is 0 Å². The van der Waals surface area contributed by atoms with Crippen LogP contribution in [0.5, 0.6) is 11.5 Å². The first-order valence-electron chi connectivity index (χ1n) is 13.2. The Morgan fingerprint density at radius 3 is 2.42 bits per heavy atom. The summed E-state index contributed by atoms with van der Waals surface area (Å²) in [6, 6.07) is 21.5. The third-order valence-corrected chi connectivity index (χ3v) is 6.09. The third kappa shape index (κ3) is 9.77. The zero-order valence-electron chi connectivity index (χ0n) is 22.2. The molecule has 6 nitrogen and oxygen atoms in total. The maximum Gasteiger partial charge on any atom is 0.303 e. The van der Waals surface area contributed by atoms with Crippen LogP contribution < -0.4 is 14.8 Å². The molecule has 0 saturated carbocycles. The molecular weight excluding hydrogens is 478 g/mol. The molecule has 0 radical (unpaired) electrons. The third-order valence-electron chi connectivity index (χ3n) is 6.09. The van der Waals surface area contributed by atoms with Crippen LogP contribution in [0, 0.1) is 6.92 Å². The van der Waals surface area contributed by atoms with Crippen LogP contribution in [-0.4, -0.2) is 23.6 Å². The second-order valence-electron chi connectivity index (χ2n) is 9.25. The average molecular weight is 516 g/mol. The Morgan fingerprint density at radius 1 is 0.921 bits per heavy atom. The van der Waals surface area contributed by atoms with E-state index < -0.39 is 5.97 Å². The van der Waals surface area contributed by atoms with E-state index in [-0.39, 0.29) is 18.9 Å². The van der Waals surface area contributed by atoms with Gasteiger partial charge in [0.25, 0.3) is 0 Å². The summed E-state index contributed by atoms with van der Waals surface area (Å²) in [5, 5.41) is 11.6. The van der Waals surface area contributed by atoms with E-state index in [4.69, 9.17) is 14.6 Å². The Morgan fingerprint density at radius 2 is 1.68 bits per heavy atom. The summed E-state index contributed by atoms with van der Waals surface area (Å²) < 4.78 is 11.6. The van der Waals surface area contributed by atoms with Crippen LogP contribution in [0.25, 0.3) is 6.08 Å². The Kier molecular flexibility index (Phi) is 11.4. The fourth-order valence-corrected chi connectivity index (χ4v) is 3.91. The number of unbranched alkanes of at least 4 members (excludes halogenated alkanes) is 2. The molecule has 3 aromatic carbocycles. The van der Waals surface area contributed by atoms with Crippen molar-refractivity contribution >= 4 is 23.6 Å². The van der Waals surface area contributed by atoms with E-state index in [1.165, 1.54) is 30.9 Å². The van der Waals surface area contributed by atoms with Crippen LogP contribution in [0.1, 0.15) is 61.3 Å². The van der Waals surface area contributed by atoms with Crippen molar-refractivity contribution < 1.29 is 24.2 Å². The molecule has 1 amide bonds. The lowest BCUT2D eigenvalue weighted by atomic mass is 10.1. The zero-order valence-corrected chi connectivity index (χ0v) is 22.2. The van der Waals surface area contributed by atoms with Gasteiger partial charge in [0.2, 0.25) is 5.91 Å². The average Bonchev–Trinajstić information content (AvgIpc) is 2.91. The minimum Gasteiger partial charge on any atom is -0.491 e. The monoisotopic (exact) mass is 515 g/mol. The second-order valence-corrected chi connectivity index (χ2v) is 9.25. The van der Waals surface area contributed by atoms with E-state index >= 15 is 0 Å². The molecule has 0 aliphatic carbocycles. The number of carbonyl (C=O) groups is 2. The van der Waals surface area contributed by atoms with Crippen molar-refractivity contribution in [1.29, 1.82) is 0 Å². The van der Waals surface area contributed by atoms with E-state index in [1.54, 1.807) is 30.3 Å². The molecule has 0 heterocycles. The van der Waals surface area contributed by atoms with E-state index in [0.717, 1.165) is 28.9 Å². The van der Waals surface area contributed by atoms with Crippen molar-refractivity contribution in [3.8, 4) is 11.5 Å². The second kappa shape index (κ2) is 15.3. The molecule has 38 heavy (non-hydrogen) atoms. The Labute approximate surface area is 225 Å². The Hall–Kier alpha value is -4.06. The zero-order chi connectivity index (χ0) is 27.2. The number of aryl methyl sites for hydroxylation is 2. The topological polar surface area (TPSA) is 84.9 Å². The maximum atomic E-state index is 12.5. The number of hydrogen-bond donors (Lipinski definition) is 2. The number of aliphatic carboxylic acids is 1. The number of benzene rings is 3. The number of carboxylic acids is 1. The number of nitrogens with one attached hydrogen (secondary N) is 1. The van der Waals surface area contributed by atoms with Gasteiger partial charge < -0.3 is 19.9 Å². The van der Waals surface area contributed by atoms with E-state index in [0.29, 0.717) is 24.5 Å². The largest absolute Gasteiger partial charge is 0.491 e. The normalized spacial score (nSPS) is 10.9. The summed E-state index contributed by atoms with van der Waals surface area (Å²) in [4.78, 5) is 23.2. The van der Waals surface area contributed by atoms with Gasteiger partial charge in [0.1, 0.15) is 18.1 Å². The fourth-order valence-electron chi connectivity index (χ4n) is 3.91. The summed E-state index contributed by atoms with van der Waals surface area (Å²) in [5.74, 6) is 0.135. The molecule has 0 spiro atoms. The maximum absolute atomic E-state index is 12.5. The first-order valence-corrected chi connectivity index (χ1v) is 13.2. The predicted molar refractivity (Wildman–Crippen MR) is 152 cm³/mol. The Bertz CT molecular complexity index is 1220. The molecule has 0 aliphatic heterocycles. The van der Waals surface area contributed by atoms with Gasteiger partial charge in [-0.25, -0.2) is 0 Å². The van der Waals surface area contributed by atoms with Gasteiger partial charge in [-0.15, -0.1) is 0 Å². The number of anilines is 1. The number of rotatable bonds is 15. The quantitative estimate of drug-likeness (QED) is 0.165. The molecule has 0 unspecified atom stereocenters. The Balaban J connectivity index is 1.51. The summed E-state index contributed by atoms with van der Waals surface area (Å²) in [6.45, 7) is 4.96. The number of carbonyl (C=O) groups excluding carboxylic acids is 1. The lowest BCUT2D eigenvalue weighted by Gasteiger charge is -2.11. The molecule has 0 saturated heterocycles. The lowest BCUT2D eigenvalue weighted by Crippen LogP contribution is -2.10. The molecule has 0 aliphatic rings. The van der Waals surface area contributed by atoms with E-state index in [9.17, 15) is 9.59 Å². The highest BCUT2D eigenvalue weighted by atomic mass is 16.5. The lowest BCUT2D eigenvalue weighted by molar-refractivity contribution is -0.137. The van der Waals surface area contributed by atoms with Crippen molar-refractivity contribution in [2.45, 2.75) is 59.0 Å². The summed E-state index contributed by atoms with van der Waals surface area (Å²) in [7, 11) is 0. The van der Waals surface area contributed by atoms with Crippen LogP contribution in [0.2, 0.25) is 0 Å². The minimum atomic E-state index is -0.863. The predicted octanol–water partition coefficient (Wildman–Crippen LogP) is 7.20. The fraction of sp³-hybridized carbons (Fsp3) is 0.312. The van der Waals surface area contributed by atoms with Crippen LogP contribution in [0.3, 0.4) is 0 Å². The highest BCUT2D eigenvalue weighted by Crippen LogP contribution is 2.24. The molecule has 200 valence electrons. The molecule has 3 aromatic rings. The molecule has 0 aromatic heterocycles. The SMILES string of the molecule is CCCCCc1ccc(COc2ccc(C=CC(=O)Nc3ccccc3OCCCC(=O)O)c(C)c2)cc1.